The lowest BCUT2D eigenvalue weighted by Crippen LogP contribution is -2.29. The van der Waals surface area contributed by atoms with Crippen molar-refractivity contribution in [1.29, 1.82) is 0 Å². The SMILES string of the molecule is CCNc1nc(NCC(C)(C)C(C)C)c(Cl)cc1Cl. The van der Waals surface area contributed by atoms with Crippen LogP contribution in [-0.2, 0) is 0 Å². The Kier molecular flexibility index (Phi) is 5.75. The van der Waals surface area contributed by atoms with Gasteiger partial charge in [0, 0.05) is 13.1 Å². The fourth-order valence-electron chi connectivity index (χ4n) is 1.40. The van der Waals surface area contributed by atoms with Crippen molar-refractivity contribution in [1.82, 2.24) is 4.98 Å². The van der Waals surface area contributed by atoms with Gasteiger partial charge in [-0.05, 0) is 24.3 Å². The van der Waals surface area contributed by atoms with Crippen LogP contribution >= 0.6 is 23.2 Å². The van der Waals surface area contributed by atoms with E-state index >= 15 is 0 Å². The molecule has 1 aromatic rings. The van der Waals surface area contributed by atoms with Crippen molar-refractivity contribution in [2.45, 2.75) is 34.6 Å². The van der Waals surface area contributed by atoms with Crippen LogP contribution in [0.5, 0.6) is 0 Å². The molecule has 0 atom stereocenters. The Balaban J connectivity index is 2.86. The van der Waals surface area contributed by atoms with Crippen molar-refractivity contribution in [2.24, 2.45) is 11.3 Å². The number of nitrogens with one attached hydrogen (secondary N) is 2. The first-order valence-electron chi connectivity index (χ1n) is 6.61. The topological polar surface area (TPSA) is 37.0 Å². The van der Waals surface area contributed by atoms with E-state index in [1.54, 1.807) is 6.07 Å². The first kappa shape index (κ1) is 16.4. The smallest absolute Gasteiger partial charge is 0.147 e. The van der Waals surface area contributed by atoms with Gasteiger partial charge in [0.05, 0.1) is 10.0 Å². The minimum atomic E-state index is 0.170. The quantitative estimate of drug-likeness (QED) is 0.783. The van der Waals surface area contributed by atoms with Crippen molar-refractivity contribution >= 4 is 34.8 Å². The second kappa shape index (κ2) is 6.67. The standard InChI is InChI=1S/C14H23Cl2N3/c1-6-17-12-10(15)7-11(16)13(19-12)18-8-14(4,5)9(2)3/h7,9H,6,8H2,1-5H3,(H2,17,18,19). The third-order valence-electron chi connectivity index (χ3n) is 3.55. The van der Waals surface area contributed by atoms with E-state index in [0.717, 1.165) is 13.1 Å². The number of anilines is 2. The summed E-state index contributed by atoms with van der Waals surface area (Å²) in [5.41, 5.74) is 0.170. The molecule has 0 saturated heterocycles. The molecule has 3 nitrogen and oxygen atoms in total. The number of halogens is 2. The van der Waals surface area contributed by atoms with Gasteiger partial charge in [-0.2, -0.15) is 0 Å². The Hall–Kier alpha value is -0.670. The van der Waals surface area contributed by atoms with Crippen LogP contribution in [0.15, 0.2) is 6.07 Å². The molecule has 108 valence electrons. The predicted molar refractivity (Wildman–Crippen MR) is 85.5 cm³/mol. The summed E-state index contributed by atoms with van der Waals surface area (Å²) in [6, 6.07) is 1.72. The molecule has 1 aromatic heterocycles. The zero-order valence-corrected chi connectivity index (χ0v) is 13.8. The molecule has 0 bridgehead atoms. The van der Waals surface area contributed by atoms with Crippen molar-refractivity contribution in [3.63, 3.8) is 0 Å². The van der Waals surface area contributed by atoms with E-state index in [1.807, 2.05) is 6.92 Å². The zero-order chi connectivity index (χ0) is 14.6. The van der Waals surface area contributed by atoms with Crippen molar-refractivity contribution in [3.8, 4) is 0 Å². The minimum Gasteiger partial charge on any atom is -0.369 e. The molecule has 0 spiro atoms. The maximum absolute atomic E-state index is 6.17. The molecule has 0 aliphatic heterocycles. The Morgan fingerprint density at radius 2 is 1.68 bits per heavy atom. The van der Waals surface area contributed by atoms with Crippen molar-refractivity contribution in [2.75, 3.05) is 23.7 Å². The van der Waals surface area contributed by atoms with Gasteiger partial charge < -0.3 is 10.6 Å². The van der Waals surface area contributed by atoms with E-state index in [9.17, 15) is 0 Å². The number of hydrogen-bond acceptors (Lipinski definition) is 3. The average molecular weight is 304 g/mol. The molecule has 1 rings (SSSR count). The fourth-order valence-corrected chi connectivity index (χ4v) is 1.89. The molecule has 19 heavy (non-hydrogen) atoms. The first-order valence-corrected chi connectivity index (χ1v) is 7.37. The number of rotatable bonds is 6. The third kappa shape index (κ3) is 4.43. The van der Waals surface area contributed by atoms with Gasteiger partial charge in [-0.15, -0.1) is 0 Å². The Morgan fingerprint density at radius 1 is 1.16 bits per heavy atom. The highest BCUT2D eigenvalue weighted by Gasteiger charge is 2.22. The van der Waals surface area contributed by atoms with Crippen LogP contribution in [0, 0.1) is 11.3 Å². The van der Waals surface area contributed by atoms with Crippen molar-refractivity contribution in [3.05, 3.63) is 16.1 Å². The molecule has 0 unspecified atom stereocenters. The number of hydrogen-bond donors (Lipinski definition) is 2. The van der Waals surface area contributed by atoms with Gasteiger partial charge in [0.2, 0.25) is 0 Å². The maximum atomic E-state index is 6.17. The van der Waals surface area contributed by atoms with E-state index < -0.39 is 0 Å². The summed E-state index contributed by atoms with van der Waals surface area (Å²) in [5, 5.41) is 7.53. The van der Waals surface area contributed by atoms with E-state index in [1.165, 1.54) is 0 Å². The molecule has 0 fully saturated rings. The van der Waals surface area contributed by atoms with Crippen LogP contribution in [0.4, 0.5) is 11.6 Å². The third-order valence-corrected chi connectivity index (χ3v) is 4.12. The average Bonchev–Trinajstić information content (AvgIpc) is 2.31. The highest BCUT2D eigenvalue weighted by molar-refractivity contribution is 6.37. The van der Waals surface area contributed by atoms with Gasteiger partial charge in [-0.3, -0.25) is 0 Å². The molecule has 2 N–H and O–H groups in total. The molecule has 5 heteroatoms. The van der Waals surface area contributed by atoms with Crippen molar-refractivity contribution < 1.29 is 0 Å². The van der Waals surface area contributed by atoms with Gasteiger partial charge in [0.25, 0.3) is 0 Å². The zero-order valence-electron chi connectivity index (χ0n) is 12.3. The second-order valence-corrected chi connectivity index (χ2v) is 6.49. The number of pyridine rings is 1. The summed E-state index contributed by atoms with van der Waals surface area (Å²) in [6.07, 6.45) is 0. The summed E-state index contributed by atoms with van der Waals surface area (Å²) < 4.78 is 0. The molecular weight excluding hydrogens is 281 g/mol. The number of aromatic nitrogens is 1. The van der Waals surface area contributed by atoms with Crippen LogP contribution < -0.4 is 10.6 Å². The van der Waals surface area contributed by atoms with Gasteiger partial charge in [0.1, 0.15) is 11.6 Å². The van der Waals surface area contributed by atoms with Gasteiger partial charge >= 0.3 is 0 Å². The molecule has 0 aromatic carbocycles. The second-order valence-electron chi connectivity index (χ2n) is 5.68. The van der Waals surface area contributed by atoms with Crippen LogP contribution in [0.1, 0.15) is 34.6 Å². The monoisotopic (exact) mass is 303 g/mol. The Bertz CT molecular complexity index is 431. The molecule has 0 amide bonds. The van der Waals surface area contributed by atoms with Gasteiger partial charge in [0.15, 0.2) is 0 Å². The van der Waals surface area contributed by atoms with E-state index in [4.69, 9.17) is 23.2 Å². The van der Waals surface area contributed by atoms with Gasteiger partial charge in [-0.1, -0.05) is 50.9 Å². The lowest BCUT2D eigenvalue weighted by atomic mass is 9.81. The van der Waals surface area contributed by atoms with E-state index in [-0.39, 0.29) is 5.41 Å². The molecule has 0 aliphatic rings. The summed E-state index contributed by atoms with van der Waals surface area (Å²) in [5.74, 6) is 1.91. The number of nitrogens with zero attached hydrogens (tertiary/aromatic N) is 1. The summed E-state index contributed by atoms with van der Waals surface area (Å²) in [4.78, 5) is 4.44. The van der Waals surface area contributed by atoms with Crippen LogP contribution in [-0.4, -0.2) is 18.1 Å². The molecule has 1 heterocycles. The predicted octanol–water partition coefficient (Wildman–Crippen LogP) is 4.91. The molecular formula is C14H23Cl2N3. The normalized spacial score (nSPS) is 11.8. The summed E-state index contributed by atoms with van der Waals surface area (Å²) in [7, 11) is 0. The summed E-state index contributed by atoms with van der Waals surface area (Å²) in [6.45, 7) is 12.4. The lowest BCUT2D eigenvalue weighted by molar-refractivity contribution is 0.269. The van der Waals surface area contributed by atoms with Crippen LogP contribution in [0.25, 0.3) is 0 Å². The summed E-state index contributed by atoms with van der Waals surface area (Å²) >= 11 is 12.3. The van der Waals surface area contributed by atoms with Crippen LogP contribution in [0.2, 0.25) is 10.0 Å². The minimum absolute atomic E-state index is 0.170. The first-order chi connectivity index (χ1) is 8.77. The lowest BCUT2D eigenvalue weighted by Gasteiger charge is -2.29. The van der Waals surface area contributed by atoms with Gasteiger partial charge in [-0.25, -0.2) is 4.98 Å². The Morgan fingerprint density at radius 3 is 2.16 bits per heavy atom. The maximum Gasteiger partial charge on any atom is 0.147 e. The highest BCUT2D eigenvalue weighted by Crippen LogP contribution is 2.31. The largest absolute Gasteiger partial charge is 0.369 e. The van der Waals surface area contributed by atoms with E-state index in [2.05, 4.69) is 43.3 Å². The molecule has 0 saturated carbocycles. The molecule has 0 radical (unpaired) electrons. The highest BCUT2D eigenvalue weighted by atomic mass is 35.5. The Labute approximate surface area is 126 Å². The van der Waals surface area contributed by atoms with Crippen LogP contribution in [0.3, 0.4) is 0 Å². The van der Waals surface area contributed by atoms with E-state index in [0.29, 0.717) is 27.6 Å². The fraction of sp³-hybridized carbons (Fsp3) is 0.643. The molecule has 0 aliphatic carbocycles.